The lowest BCUT2D eigenvalue weighted by atomic mass is 10.1. The van der Waals surface area contributed by atoms with Crippen molar-refractivity contribution in [2.75, 3.05) is 20.8 Å². The smallest absolute Gasteiger partial charge is 0.242 e. The minimum Gasteiger partial charge on any atom is -0.497 e. The number of methoxy groups -OCH3 is 2. The van der Waals surface area contributed by atoms with Gasteiger partial charge in [0, 0.05) is 18.2 Å². The third-order valence-electron chi connectivity index (χ3n) is 2.97. The fraction of sp³-hybridized carbons (Fsp3) is 0.467. The molecule has 0 aromatic heterocycles. The molecule has 2 amide bonds. The van der Waals surface area contributed by atoms with Crippen LogP contribution in [0.2, 0.25) is 0 Å². The third kappa shape index (κ3) is 4.98. The molecule has 0 aliphatic heterocycles. The molecule has 0 bridgehead atoms. The topological polar surface area (TPSA) is 76.7 Å². The van der Waals surface area contributed by atoms with E-state index < -0.39 is 6.04 Å². The van der Waals surface area contributed by atoms with E-state index in [1.54, 1.807) is 32.2 Å². The second kappa shape index (κ2) is 8.14. The van der Waals surface area contributed by atoms with E-state index in [0.29, 0.717) is 18.0 Å². The molecule has 21 heavy (non-hydrogen) atoms. The summed E-state index contributed by atoms with van der Waals surface area (Å²) in [7, 11) is 3.10. The second-order valence-corrected chi connectivity index (χ2v) is 4.54. The van der Waals surface area contributed by atoms with Gasteiger partial charge in [0.25, 0.3) is 0 Å². The highest BCUT2D eigenvalue weighted by molar-refractivity contribution is 5.88. The number of hydrogen-bond acceptors (Lipinski definition) is 4. The van der Waals surface area contributed by atoms with Crippen LogP contribution in [0.3, 0.4) is 0 Å². The summed E-state index contributed by atoms with van der Waals surface area (Å²) >= 11 is 0. The lowest BCUT2D eigenvalue weighted by molar-refractivity contribution is -0.128. The number of nitrogens with one attached hydrogen (secondary N) is 2. The first-order chi connectivity index (χ1) is 10.0. The minimum atomic E-state index is -0.568. The van der Waals surface area contributed by atoms with Crippen LogP contribution in [0.25, 0.3) is 0 Å². The van der Waals surface area contributed by atoms with E-state index in [2.05, 4.69) is 10.6 Å². The van der Waals surface area contributed by atoms with Crippen molar-refractivity contribution >= 4 is 11.8 Å². The van der Waals surface area contributed by atoms with E-state index in [-0.39, 0.29) is 18.2 Å². The van der Waals surface area contributed by atoms with E-state index in [1.165, 1.54) is 7.11 Å². The number of carbonyl (C=O) groups is 2. The zero-order valence-corrected chi connectivity index (χ0v) is 12.9. The lowest BCUT2D eigenvalue weighted by Crippen LogP contribution is -2.45. The first-order valence-electron chi connectivity index (χ1n) is 6.79. The summed E-state index contributed by atoms with van der Waals surface area (Å²) in [6.07, 6.45) is 0.136. The van der Waals surface area contributed by atoms with Gasteiger partial charge in [0.2, 0.25) is 11.8 Å². The number of benzene rings is 1. The van der Waals surface area contributed by atoms with Crippen LogP contribution in [0, 0.1) is 0 Å². The van der Waals surface area contributed by atoms with Gasteiger partial charge in [-0.3, -0.25) is 9.59 Å². The molecule has 1 aromatic carbocycles. The normalized spacial score (nSPS) is 11.4. The molecule has 0 fully saturated rings. The summed E-state index contributed by atoms with van der Waals surface area (Å²) in [4.78, 5) is 23.5. The maximum Gasteiger partial charge on any atom is 0.242 e. The van der Waals surface area contributed by atoms with E-state index in [4.69, 9.17) is 9.47 Å². The number of hydrogen-bond donors (Lipinski definition) is 2. The average molecular weight is 294 g/mol. The Balaban J connectivity index is 2.68. The minimum absolute atomic E-state index is 0.136. The van der Waals surface area contributed by atoms with Gasteiger partial charge >= 0.3 is 0 Å². The molecule has 0 heterocycles. The molecule has 0 radical (unpaired) electrons. The molecule has 0 spiro atoms. The molecule has 116 valence electrons. The van der Waals surface area contributed by atoms with Crippen molar-refractivity contribution in [1.82, 2.24) is 10.6 Å². The molecule has 6 heteroatoms. The molecular weight excluding hydrogens is 272 g/mol. The van der Waals surface area contributed by atoms with Gasteiger partial charge < -0.3 is 20.1 Å². The van der Waals surface area contributed by atoms with Gasteiger partial charge in [-0.2, -0.15) is 0 Å². The highest BCUT2D eigenvalue weighted by Gasteiger charge is 2.16. The Morgan fingerprint density at radius 2 is 1.95 bits per heavy atom. The van der Waals surface area contributed by atoms with Gasteiger partial charge in [-0.15, -0.1) is 0 Å². The summed E-state index contributed by atoms with van der Waals surface area (Å²) in [5, 5.41) is 5.31. The van der Waals surface area contributed by atoms with Crippen LogP contribution < -0.4 is 20.1 Å². The number of amides is 2. The van der Waals surface area contributed by atoms with Crippen molar-refractivity contribution in [1.29, 1.82) is 0 Å². The lowest BCUT2D eigenvalue weighted by Gasteiger charge is -2.14. The molecule has 1 atom stereocenters. The molecule has 0 aliphatic rings. The summed E-state index contributed by atoms with van der Waals surface area (Å²) < 4.78 is 10.3. The van der Waals surface area contributed by atoms with E-state index in [1.807, 2.05) is 6.92 Å². The maximum atomic E-state index is 12.0. The van der Waals surface area contributed by atoms with Crippen molar-refractivity contribution in [3.63, 3.8) is 0 Å². The number of carbonyl (C=O) groups excluding carboxylic acids is 2. The summed E-state index contributed by atoms with van der Waals surface area (Å²) in [6.45, 7) is 4.01. The van der Waals surface area contributed by atoms with Crippen molar-refractivity contribution < 1.29 is 19.1 Å². The van der Waals surface area contributed by atoms with Gasteiger partial charge in [0.1, 0.15) is 17.5 Å². The number of ether oxygens (including phenoxy) is 2. The first-order valence-corrected chi connectivity index (χ1v) is 6.79. The molecule has 0 saturated heterocycles. The van der Waals surface area contributed by atoms with Gasteiger partial charge in [-0.1, -0.05) is 6.07 Å². The van der Waals surface area contributed by atoms with Gasteiger partial charge in [0.05, 0.1) is 20.6 Å². The second-order valence-electron chi connectivity index (χ2n) is 4.54. The van der Waals surface area contributed by atoms with Gasteiger partial charge in [-0.25, -0.2) is 0 Å². The standard InChI is InChI=1S/C15H22N2O4/c1-5-16-15(19)10(2)17-14(18)8-11-6-7-12(20-3)9-13(11)21-4/h6-7,9-10H,5,8H2,1-4H3,(H,16,19)(H,17,18)/t10-/m0/s1. The van der Waals surface area contributed by atoms with Gasteiger partial charge in [-0.05, 0) is 19.9 Å². The fourth-order valence-corrected chi connectivity index (χ4v) is 1.86. The molecule has 0 saturated carbocycles. The Bertz CT molecular complexity index is 502. The zero-order chi connectivity index (χ0) is 15.8. The van der Waals surface area contributed by atoms with Crippen molar-refractivity contribution in [2.45, 2.75) is 26.3 Å². The zero-order valence-electron chi connectivity index (χ0n) is 12.9. The van der Waals surface area contributed by atoms with Crippen LogP contribution in [0.1, 0.15) is 19.4 Å². The summed E-state index contributed by atoms with van der Waals surface area (Å²) in [5.74, 6) is 0.798. The van der Waals surface area contributed by atoms with Crippen molar-refractivity contribution in [3.8, 4) is 11.5 Å². The van der Waals surface area contributed by atoms with Crippen LogP contribution in [-0.4, -0.2) is 38.6 Å². The largest absolute Gasteiger partial charge is 0.497 e. The molecular formula is C15H22N2O4. The SMILES string of the molecule is CCNC(=O)[C@H](C)NC(=O)Cc1ccc(OC)cc1OC. The van der Waals surface area contributed by atoms with Crippen LogP contribution in [0.5, 0.6) is 11.5 Å². The molecule has 6 nitrogen and oxygen atoms in total. The summed E-state index contributed by atoms with van der Waals surface area (Å²) in [6, 6.07) is 4.68. The monoisotopic (exact) mass is 294 g/mol. The summed E-state index contributed by atoms with van der Waals surface area (Å²) in [5.41, 5.74) is 0.735. The van der Waals surface area contributed by atoms with Crippen LogP contribution in [0.4, 0.5) is 0 Å². The van der Waals surface area contributed by atoms with Crippen molar-refractivity contribution in [3.05, 3.63) is 23.8 Å². The Labute approximate surface area is 124 Å². The van der Waals surface area contributed by atoms with Crippen molar-refractivity contribution in [2.24, 2.45) is 0 Å². The van der Waals surface area contributed by atoms with Crippen LogP contribution in [0.15, 0.2) is 18.2 Å². The molecule has 1 aromatic rings. The Morgan fingerprint density at radius 1 is 1.24 bits per heavy atom. The molecule has 1 rings (SSSR count). The average Bonchev–Trinajstić information content (AvgIpc) is 2.47. The van der Waals surface area contributed by atoms with E-state index >= 15 is 0 Å². The van der Waals surface area contributed by atoms with Crippen LogP contribution in [-0.2, 0) is 16.0 Å². The van der Waals surface area contributed by atoms with Gasteiger partial charge in [0.15, 0.2) is 0 Å². The predicted molar refractivity (Wildman–Crippen MR) is 79.5 cm³/mol. The number of likely N-dealkylation sites (N-methyl/N-ethyl adjacent to an activating group) is 1. The Hall–Kier alpha value is -2.24. The maximum absolute atomic E-state index is 12.0. The highest BCUT2D eigenvalue weighted by Crippen LogP contribution is 2.24. The van der Waals surface area contributed by atoms with E-state index in [0.717, 1.165) is 5.56 Å². The number of rotatable bonds is 7. The highest BCUT2D eigenvalue weighted by atomic mass is 16.5. The van der Waals surface area contributed by atoms with Crippen LogP contribution >= 0.6 is 0 Å². The predicted octanol–water partition coefficient (Wildman–Crippen LogP) is 0.887. The van der Waals surface area contributed by atoms with E-state index in [9.17, 15) is 9.59 Å². The molecule has 0 unspecified atom stereocenters. The third-order valence-corrected chi connectivity index (χ3v) is 2.97. The Kier molecular flexibility index (Phi) is 6.52. The molecule has 0 aliphatic carbocycles. The fourth-order valence-electron chi connectivity index (χ4n) is 1.86. The molecule has 2 N–H and O–H groups in total. The Morgan fingerprint density at radius 3 is 2.52 bits per heavy atom. The quantitative estimate of drug-likeness (QED) is 0.783. The first kappa shape index (κ1) is 16.8.